The van der Waals surface area contributed by atoms with Gasteiger partial charge in [-0.1, -0.05) is 41.9 Å². The van der Waals surface area contributed by atoms with Crippen molar-refractivity contribution in [3.8, 4) is 0 Å². The van der Waals surface area contributed by atoms with Gasteiger partial charge in [0.1, 0.15) is 5.00 Å². The van der Waals surface area contributed by atoms with E-state index in [-0.39, 0.29) is 17.9 Å². The molecule has 2 aromatic rings. The highest BCUT2D eigenvalue weighted by Crippen LogP contribution is 2.32. The molecular formula is C14H12ClNO3S. The van der Waals surface area contributed by atoms with Gasteiger partial charge >= 0.3 is 5.97 Å². The Balaban J connectivity index is 2.10. The highest BCUT2D eigenvalue weighted by Gasteiger charge is 2.18. The SMILES string of the molecule is COC(=O)c1cc(Cl)sc1NC(=O)Cc1ccccc1. The second kappa shape index (κ2) is 6.54. The van der Waals surface area contributed by atoms with Gasteiger partial charge in [-0.3, -0.25) is 4.79 Å². The van der Waals surface area contributed by atoms with Crippen molar-refractivity contribution in [2.75, 3.05) is 12.4 Å². The average Bonchev–Trinajstić information content (AvgIpc) is 2.79. The van der Waals surface area contributed by atoms with Crippen molar-refractivity contribution in [2.45, 2.75) is 6.42 Å². The molecule has 0 radical (unpaired) electrons. The number of ether oxygens (including phenoxy) is 1. The number of rotatable bonds is 4. The van der Waals surface area contributed by atoms with Gasteiger partial charge < -0.3 is 10.1 Å². The highest BCUT2D eigenvalue weighted by molar-refractivity contribution is 7.20. The Hall–Kier alpha value is -1.85. The lowest BCUT2D eigenvalue weighted by molar-refractivity contribution is -0.115. The number of esters is 1. The van der Waals surface area contributed by atoms with E-state index in [0.717, 1.165) is 16.9 Å². The van der Waals surface area contributed by atoms with Gasteiger partial charge in [-0.2, -0.15) is 0 Å². The molecule has 0 saturated carbocycles. The fourth-order valence-electron chi connectivity index (χ4n) is 1.67. The van der Waals surface area contributed by atoms with Crippen LogP contribution in [0.15, 0.2) is 36.4 Å². The van der Waals surface area contributed by atoms with Gasteiger partial charge in [0.05, 0.1) is 23.4 Å². The molecule has 4 nitrogen and oxygen atoms in total. The summed E-state index contributed by atoms with van der Waals surface area (Å²) in [5, 5.41) is 3.09. The predicted molar refractivity (Wildman–Crippen MR) is 79.4 cm³/mol. The minimum Gasteiger partial charge on any atom is -0.465 e. The fourth-order valence-corrected chi connectivity index (χ4v) is 2.80. The molecule has 0 spiro atoms. The number of amides is 1. The van der Waals surface area contributed by atoms with Crippen molar-refractivity contribution in [1.29, 1.82) is 0 Å². The molecule has 0 unspecified atom stereocenters. The van der Waals surface area contributed by atoms with Crippen molar-refractivity contribution in [3.05, 3.63) is 51.9 Å². The Morgan fingerprint density at radius 3 is 2.65 bits per heavy atom. The van der Waals surface area contributed by atoms with Gasteiger partial charge in [0, 0.05) is 0 Å². The summed E-state index contributed by atoms with van der Waals surface area (Å²) in [6.07, 6.45) is 0.233. The first-order chi connectivity index (χ1) is 9.60. The molecule has 1 amide bonds. The van der Waals surface area contributed by atoms with Crippen molar-refractivity contribution in [1.82, 2.24) is 0 Å². The van der Waals surface area contributed by atoms with E-state index in [1.807, 2.05) is 30.3 Å². The van der Waals surface area contributed by atoms with E-state index in [1.165, 1.54) is 13.2 Å². The van der Waals surface area contributed by atoms with E-state index in [2.05, 4.69) is 10.1 Å². The molecular weight excluding hydrogens is 298 g/mol. The zero-order valence-electron chi connectivity index (χ0n) is 10.7. The van der Waals surface area contributed by atoms with Crippen LogP contribution in [0.4, 0.5) is 5.00 Å². The van der Waals surface area contributed by atoms with Gasteiger partial charge in [0.25, 0.3) is 0 Å². The quantitative estimate of drug-likeness (QED) is 0.881. The van der Waals surface area contributed by atoms with E-state index in [4.69, 9.17) is 11.6 Å². The maximum atomic E-state index is 12.0. The third-order valence-electron chi connectivity index (χ3n) is 2.57. The van der Waals surface area contributed by atoms with Crippen LogP contribution in [0, 0.1) is 0 Å². The van der Waals surface area contributed by atoms with E-state index in [1.54, 1.807) is 0 Å². The highest BCUT2D eigenvalue weighted by atomic mass is 35.5. The van der Waals surface area contributed by atoms with Crippen LogP contribution in [0.1, 0.15) is 15.9 Å². The second-order valence-electron chi connectivity index (χ2n) is 4.00. The largest absolute Gasteiger partial charge is 0.465 e. The number of hydrogen-bond donors (Lipinski definition) is 1. The minimum atomic E-state index is -0.525. The smallest absolute Gasteiger partial charge is 0.340 e. The molecule has 104 valence electrons. The van der Waals surface area contributed by atoms with Crippen molar-refractivity contribution in [3.63, 3.8) is 0 Å². The number of carbonyl (C=O) groups is 2. The van der Waals surface area contributed by atoms with Crippen LogP contribution < -0.4 is 5.32 Å². The first-order valence-corrected chi connectivity index (χ1v) is 7.01. The summed E-state index contributed by atoms with van der Waals surface area (Å²) in [6, 6.07) is 10.8. The maximum Gasteiger partial charge on any atom is 0.340 e. The summed E-state index contributed by atoms with van der Waals surface area (Å²) in [6.45, 7) is 0. The van der Waals surface area contributed by atoms with Gasteiger partial charge in [0.2, 0.25) is 5.91 Å². The summed E-state index contributed by atoms with van der Waals surface area (Å²) < 4.78 is 5.06. The molecule has 2 rings (SSSR count). The lowest BCUT2D eigenvalue weighted by Crippen LogP contribution is -2.15. The Labute approximate surface area is 125 Å². The number of methoxy groups -OCH3 is 1. The van der Waals surface area contributed by atoms with Crippen molar-refractivity contribution >= 4 is 39.8 Å². The average molecular weight is 310 g/mol. The number of halogens is 1. The van der Waals surface area contributed by atoms with Gasteiger partial charge in [-0.05, 0) is 11.6 Å². The molecule has 0 bridgehead atoms. The van der Waals surface area contributed by atoms with Crippen LogP contribution in [-0.4, -0.2) is 19.0 Å². The number of hydrogen-bond acceptors (Lipinski definition) is 4. The summed E-state index contributed by atoms with van der Waals surface area (Å²) in [4.78, 5) is 23.5. The number of thiophene rings is 1. The van der Waals surface area contributed by atoms with E-state index >= 15 is 0 Å². The Morgan fingerprint density at radius 1 is 1.30 bits per heavy atom. The summed E-state index contributed by atoms with van der Waals surface area (Å²) in [7, 11) is 1.28. The maximum absolute atomic E-state index is 12.0. The fraction of sp³-hybridized carbons (Fsp3) is 0.143. The van der Waals surface area contributed by atoms with E-state index in [9.17, 15) is 9.59 Å². The van der Waals surface area contributed by atoms with Gasteiger partial charge in [-0.25, -0.2) is 4.79 Å². The van der Waals surface area contributed by atoms with Crippen molar-refractivity contribution in [2.24, 2.45) is 0 Å². The molecule has 0 fully saturated rings. The Bertz CT molecular complexity index is 625. The summed E-state index contributed by atoms with van der Waals surface area (Å²) in [5.74, 6) is -0.733. The van der Waals surface area contributed by atoms with Gasteiger partial charge in [0.15, 0.2) is 0 Å². The molecule has 0 aliphatic rings. The zero-order chi connectivity index (χ0) is 14.5. The molecule has 1 aromatic heterocycles. The molecule has 0 saturated heterocycles. The molecule has 6 heteroatoms. The zero-order valence-corrected chi connectivity index (χ0v) is 12.3. The minimum absolute atomic E-state index is 0.208. The van der Waals surface area contributed by atoms with Crippen molar-refractivity contribution < 1.29 is 14.3 Å². The third-order valence-corrected chi connectivity index (χ3v) is 3.75. The van der Waals surface area contributed by atoms with E-state index < -0.39 is 5.97 Å². The lowest BCUT2D eigenvalue weighted by atomic mass is 10.1. The normalized spacial score (nSPS) is 10.1. The lowest BCUT2D eigenvalue weighted by Gasteiger charge is -2.05. The number of carbonyl (C=O) groups excluding carboxylic acids is 2. The molecule has 1 aromatic carbocycles. The standard InChI is InChI=1S/C14H12ClNO3S/c1-19-14(18)10-8-11(15)20-13(10)16-12(17)7-9-5-3-2-4-6-9/h2-6,8H,7H2,1H3,(H,16,17). The van der Waals surface area contributed by atoms with E-state index in [0.29, 0.717) is 9.34 Å². The molecule has 20 heavy (non-hydrogen) atoms. The topological polar surface area (TPSA) is 55.4 Å². The summed E-state index contributed by atoms with van der Waals surface area (Å²) in [5.41, 5.74) is 1.16. The van der Waals surface area contributed by atoms with Crippen LogP contribution in [-0.2, 0) is 16.0 Å². The number of nitrogens with one attached hydrogen (secondary N) is 1. The van der Waals surface area contributed by atoms with Crippen LogP contribution in [0.3, 0.4) is 0 Å². The van der Waals surface area contributed by atoms with Crippen LogP contribution in [0.25, 0.3) is 0 Å². The first-order valence-electron chi connectivity index (χ1n) is 5.81. The molecule has 0 aliphatic carbocycles. The van der Waals surface area contributed by atoms with Gasteiger partial charge in [-0.15, -0.1) is 11.3 Å². The molecule has 1 heterocycles. The van der Waals surface area contributed by atoms with Crippen LogP contribution in [0.5, 0.6) is 0 Å². The second-order valence-corrected chi connectivity index (χ2v) is 5.68. The monoisotopic (exact) mass is 309 g/mol. The van der Waals surface area contributed by atoms with Crippen LogP contribution in [0.2, 0.25) is 4.34 Å². The predicted octanol–water partition coefficient (Wildman–Crippen LogP) is 3.37. The van der Waals surface area contributed by atoms with Crippen LogP contribution >= 0.6 is 22.9 Å². The Kier molecular flexibility index (Phi) is 4.76. The Morgan fingerprint density at radius 2 is 2.00 bits per heavy atom. The number of anilines is 1. The molecule has 1 N–H and O–H groups in total. The molecule has 0 aliphatic heterocycles. The number of benzene rings is 1. The summed E-state index contributed by atoms with van der Waals surface area (Å²) >= 11 is 7.00. The first kappa shape index (κ1) is 14.6. The molecule has 0 atom stereocenters. The third kappa shape index (κ3) is 3.59.